The molecule has 2 heterocycles. The Morgan fingerprint density at radius 1 is 0.826 bits per heavy atom. The molecular formula is C17H20N4O2. The first-order valence-electron chi connectivity index (χ1n) is 7.48. The Balaban J connectivity index is 1.67. The lowest BCUT2D eigenvalue weighted by atomic mass is 10.2. The van der Waals surface area contributed by atoms with Gasteiger partial charge in [0.2, 0.25) is 0 Å². The minimum Gasteiger partial charge on any atom is -0.352 e. The van der Waals surface area contributed by atoms with Crippen LogP contribution in [0.2, 0.25) is 0 Å². The van der Waals surface area contributed by atoms with E-state index in [4.69, 9.17) is 0 Å². The number of amides is 2. The Hall–Kier alpha value is -2.76. The van der Waals surface area contributed by atoms with Crippen LogP contribution in [0.25, 0.3) is 0 Å². The number of aryl methyl sites for hydroxylation is 2. The molecule has 23 heavy (non-hydrogen) atoms. The van der Waals surface area contributed by atoms with Gasteiger partial charge in [-0.15, -0.1) is 0 Å². The van der Waals surface area contributed by atoms with Crippen molar-refractivity contribution in [3.63, 3.8) is 0 Å². The van der Waals surface area contributed by atoms with Gasteiger partial charge < -0.3 is 10.6 Å². The van der Waals surface area contributed by atoms with E-state index >= 15 is 0 Å². The zero-order chi connectivity index (χ0) is 16.7. The van der Waals surface area contributed by atoms with E-state index in [0.717, 1.165) is 11.4 Å². The molecule has 0 aliphatic rings. The molecule has 2 rings (SSSR count). The largest absolute Gasteiger partial charge is 0.352 e. The Bertz CT molecular complexity index is 606. The highest BCUT2D eigenvalue weighted by atomic mass is 16.2. The van der Waals surface area contributed by atoms with Gasteiger partial charge in [0.15, 0.2) is 0 Å². The van der Waals surface area contributed by atoms with Crippen molar-refractivity contribution in [2.24, 2.45) is 0 Å². The smallest absolute Gasteiger partial charge is 0.252 e. The van der Waals surface area contributed by atoms with Crippen molar-refractivity contribution in [2.45, 2.75) is 20.3 Å². The van der Waals surface area contributed by atoms with Crippen LogP contribution in [0.1, 0.15) is 38.5 Å². The quantitative estimate of drug-likeness (QED) is 0.794. The summed E-state index contributed by atoms with van der Waals surface area (Å²) in [5, 5.41) is 5.59. The van der Waals surface area contributed by atoms with E-state index in [1.807, 2.05) is 13.8 Å². The van der Waals surface area contributed by atoms with Crippen LogP contribution in [0.3, 0.4) is 0 Å². The van der Waals surface area contributed by atoms with Crippen LogP contribution in [-0.4, -0.2) is 34.9 Å². The Morgan fingerprint density at radius 3 is 1.61 bits per heavy atom. The number of hydrogen-bond acceptors (Lipinski definition) is 4. The van der Waals surface area contributed by atoms with E-state index in [1.54, 1.807) is 36.7 Å². The first-order valence-corrected chi connectivity index (χ1v) is 7.48. The standard InChI is InChI=1S/C17H20N4O2/c1-12-4-6-14(10-20-12)16(22)18-8-3-9-19-17(23)15-7-5-13(2)21-11-15/h4-7,10-11H,3,8-9H2,1-2H3,(H,18,22)(H,19,23). The fraction of sp³-hybridized carbons (Fsp3) is 0.294. The van der Waals surface area contributed by atoms with Gasteiger partial charge in [-0.3, -0.25) is 19.6 Å². The second kappa shape index (κ2) is 8.03. The molecule has 0 bridgehead atoms. The van der Waals surface area contributed by atoms with Crippen LogP contribution in [-0.2, 0) is 0 Å². The minimum absolute atomic E-state index is 0.161. The van der Waals surface area contributed by atoms with Gasteiger partial charge >= 0.3 is 0 Å². The molecule has 2 amide bonds. The second-order valence-corrected chi connectivity index (χ2v) is 5.24. The number of nitrogens with zero attached hydrogens (tertiary/aromatic N) is 2. The average molecular weight is 312 g/mol. The third-order valence-corrected chi connectivity index (χ3v) is 3.27. The third-order valence-electron chi connectivity index (χ3n) is 3.27. The topological polar surface area (TPSA) is 84.0 Å². The molecule has 0 saturated carbocycles. The lowest BCUT2D eigenvalue weighted by molar-refractivity contribution is 0.0951. The van der Waals surface area contributed by atoms with E-state index in [2.05, 4.69) is 20.6 Å². The SMILES string of the molecule is Cc1ccc(C(=O)NCCCNC(=O)c2ccc(C)nc2)cn1. The molecule has 2 aromatic rings. The van der Waals surface area contributed by atoms with Crippen molar-refractivity contribution in [1.82, 2.24) is 20.6 Å². The number of pyridine rings is 2. The van der Waals surface area contributed by atoms with Gasteiger partial charge in [-0.25, -0.2) is 0 Å². The van der Waals surface area contributed by atoms with Crippen molar-refractivity contribution < 1.29 is 9.59 Å². The number of hydrogen-bond donors (Lipinski definition) is 2. The van der Waals surface area contributed by atoms with Crippen LogP contribution < -0.4 is 10.6 Å². The Morgan fingerprint density at radius 2 is 1.26 bits per heavy atom. The van der Waals surface area contributed by atoms with Crippen LogP contribution in [0, 0.1) is 13.8 Å². The number of aromatic nitrogens is 2. The van der Waals surface area contributed by atoms with Crippen molar-refractivity contribution >= 4 is 11.8 Å². The van der Waals surface area contributed by atoms with E-state index < -0.39 is 0 Å². The maximum absolute atomic E-state index is 11.9. The summed E-state index contributed by atoms with van der Waals surface area (Å²) in [5.74, 6) is -0.321. The molecule has 0 atom stereocenters. The highest BCUT2D eigenvalue weighted by Gasteiger charge is 2.06. The zero-order valence-corrected chi connectivity index (χ0v) is 13.3. The van der Waals surface area contributed by atoms with Gasteiger partial charge in [-0.05, 0) is 44.5 Å². The highest BCUT2D eigenvalue weighted by Crippen LogP contribution is 2.00. The van der Waals surface area contributed by atoms with Gasteiger partial charge in [-0.1, -0.05) is 0 Å². The summed E-state index contributed by atoms with van der Waals surface area (Å²) in [5.41, 5.74) is 2.81. The third kappa shape index (κ3) is 5.18. The van der Waals surface area contributed by atoms with E-state index in [0.29, 0.717) is 30.6 Å². The first-order chi connectivity index (χ1) is 11.1. The van der Waals surface area contributed by atoms with Gasteiger partial charge in [-0.2, -0.15) is 0 Å². The van der Waals surface area contributed by atoms with Gasteiger partial charge in [0.25, 0.3) is 11.8 Å². The molecule has 2 aromatic heterocycles. The number of nitrogens with one attached hydrogen (secondary N) is 2. The van der Waals surface area contributed by atoms with Crippen molar-refractivity contribution in [3.8, 4) is 0 Å². The normalized spacial score (nSPS) is 10.2. The fourth-order valence-electron chi connectivity index (χ4n) is 1.90. The fourth-order valence-corrected chi connectivity index (χ4v) is 1.90. The monoisotopic (exact) mass is 312 g/mol. The van der Waals surface area contributed by atoms with Crippen molar-refractivity contribution in [2.75, 3.05) is 13.1 Å². The summed E-state index contributed by atoms with van der Waals surface area (Å²) in [6.45, 7) is 4.71. The molecule has 0 aromatic carbocycles. The maximum Gasteiger partial charge on any atom is 0.252 e. The van der Waals surface area contributed by atoms with Gasteiger partial charge in [0.1, 0.15) is 0 Å². The first kappa shape index (κ1) is 16.6. The predicted molar refractivity (Wildman–Crippen MR) is 87.2 cm³/mol. The summed E-state index contributed by atoms with van der Waals surface area (Å²) < 4.78 is 0. The molecule has 120 valence electrons. The van der Waals surface area contributed by atoms with E-state index in [1.165, 1.54) is 0 Å². The van der Waals surface area contributed by atoms with Crippen molar-refractivity contribution in [1.29, 1.82) is 0 Å². The molecule has 0 radical (unpaired) electrons. The molecule has 2 N–H and O–H groups in total. The van der Waals surface area contributed by atoms with Crippen LogP contribution in [0.15, 0.2) is 36.7 Å². The second-order valence-electron chi connectivity index (χ2n) is 5.24. The van der Waals surface area contributed by atoms with Gasteiger partial charge in [0.05, 0.1) is 11.1 Å². The maximum atomic E-state index is 11.9. The molecule has 0 aliphatic heterocycles. The summed E-state index contributed by atoms with van der Waals surface area (Å²) in [6.07, 6.45) is 3.75. The molecule has 6 heteroatoms. The predicted octanol–water partition coefficient (Wildman–Crippen LogP) is 1.64. The van der Waals surface area contributed by atoms with Gasteiger partial charge in [0, 0.05) is 36.9 Å². The Kier molecular flexibility index (Phi) is 5.80. The summed E-state index contributed by atoms with van der Waals surface area (Å²) in [4.78, 5) is 31.9. The lowest BCUT2D eigenvalue weighted by Crippen LogP contribution is -2.30. The molecule has 0 unspecified atom stereocenters. The number of carbonyl (C=O) groups excluding carboxylic acids is 2. The Labute approximate surface area is 135 Å². The molecule has 0 spiro atoms. The van der Waals surface area contributed by atoms with Crippen molar-refractivity contribution in [3.05, 3.63) is 59.2 Å². The summed E-state index contributed by atoms with van der Waals surface area (Å²) >= 11 is 0. The summed E-state index contributed by atoms with van der Waals surface area (Å²) in [7, 11) is 0. The van der Waals surface area contributed by atoms with Crippen LogP contribution >= 0.6 is 0 Å². The molecular weight excluding hydrogens is 292 g/mol. The molecule has 0 fully saturated rings. The van der Waals surface area contributed by atoms with E-state index in [9.17, 15) is 9.59 Å². The highest BCUT2D eigenvalue weighted by molar-refractivity contribution is 5.94. The zero-order valence-electron chi connectivity index (χ0n) is 13.3. The van der Waals surface area contributed by atoms with Crippen LogP contribution in [0.5, 0.6) is 0 Å². The summed E-state index contributed by atoms with van der Waals surface area (Å²) in [6, 6.07) is 7.07. The van der Waals surface area contributed by atoms with Crippen LogP contribution in [0.4, 0.5) is 0 Å². The van der Waals surface area contributed by atoms with E-state index in [-0.39, 0.29) is 11.8 Å². The number of rotatable bonds is 6. The minimum atomic E-state index is -0.161. The average Bonchev–Trinajstić information content (AvgIpc) is 2.55. The molecule has 6 nitrogen and oxygen atoms in total. The molecule has 0 saturated heterocycles. The molecule has 0 aliphatic carbocycles. The lowest BCUT2D eigenvalue weighted by Gasteiger charge is -2.07. The number of carbonyl (C=O) groups is 2.